The zero-order chi connectivity index (χ0) is 21.3. The van der Waals surface area contributed by atoms with Crippen molar-refractivity contribution >= 4 is 26.9 Å². The SMILES string of the molecule is COC(=O)c1ccc(OC)c(S(=O)(=O)n2ccc(-c3ccnc4ccccc34)n2)c1. The Morgan fingerprint density at radius 2 is 1.83 bits per heavy atom. The summed E-state index contributed by atoms with van der Waals surface area (Å²) < 4.78 is 37.2. The molecular formula is C21H17N3O5S. The number of esters is 1. The summed E-state index contributed by atoms with van der Waals surface area (Å²) in [6, 6.07) is 15.0. The van der Waals surface area contributed by atoms with Crippen molar-refractivity contribution in [1.29, 1.82) is 0 Å². The molecule has 4 aromatic rings. The maximum atomic E-state index is 13.2. The van der Waals surface area contributed by atoms with Gasteiger partial charge in [0.05, 0.1) is 31.0 Å². The van der Waals surface area contributed by atoms with Crippen molar-refractivity contribution in [1.82, 2.24) is 14.2 Å². The Kier molecular flexibility index (Phi) is 4.96. The molecule has 0 radical (unpaired) electrons. The molecule has 30 heavy (non-hydrogen) atoms. The van der Waals surface area contributed by atoms with E-state index in [0.29, 0.717) is 5.69 Å². The van der Waals surface area contributed by atoms with Crippen LogP contribution in [0.15, 0.2) is 71.9 Å². The first-order valence-electron chi connectivity index (χ1n) is 8.87. The van der Waals surface area contributed by atoms with Crippen molar-refractivity contribution < 1.29 is 22.7 Å². The van der Waals surface area contributed by atoms with Crippen molar-refractivity contribution in [2.45, 2.75) is 4.90 Å². The third kappa shape index (κ3) is 3.29. The topological polar surface area (TPSA) is 100 Å². The molecule has 9 heteroatoms. The van der Waals surface area contributed by atoms with E-state index >= 15 is 0 Å². The molecule has 0 amide bonds. The van der Waals surface area contributed by atoms with Gasteiger partial charge in [-0.15, -0.1) is 0 Å². The van der Waals surface area contributed by atoms with Gasteiger partial charge in [0.15, 0.2) is 0 Å². The van der Waals surface area contributed by atoms with Crippen LogP contribution in [0.4, 0.5) is 0 Å². The van der Waals surface area contributed by atoms with Crippen LogP contribution in [-0.2, 0) is 14.8 Å². The number of fused-ring (bicyclic) bond motifs is 1. The van der Waals surface area contributed by atoms with Crippen LogP contribution in [0.3, 0.4) is 0 Å². The van der Waals surface area contributed by atoms with E-state index in [0.717, 1.165) is 20.6 Å². The Hall–Kier alpha value is -3.72. The highest BCUT2D eigenvalue weighted by atomic mass is 32.2. The number of benzene rings is 2. The quantitative estimate of drug-likeness (QED) is 0.455. The minimum absolute atomic E-state index is 0.0874. The molecule has 0 saturated carbocycles. The highest BCUT2D eigenvalue weighted by Gasteiger charge is 2.25. The van der Waals surface area contributed by atoms with Gasteiger partial charge in [-0.05, 0) is 36.4 Å². The van der Waals surface area contributed by atoms with Crippen LogP contribution in [0.1, 0.15) is 10.4 Å². The average Bonchev–Trinajstić information content (AvgIpc) is 3.28. The Balaban J connectivity index is 1.82. The summed E-state index contributed by atoms with van der Waals surface area (Å²) in [5.41, 5.74) is 2.09. The minimum Gasteiger partial charge on any atom is -0.495 e. The molecule has 8 nitrogen and oxygen atoms in total. The Labute approximate surface area is 172 Å². The van der Waals surface area contributed by atoms with Gasteiger partial charge in [0.1, 0.15) is 10.6 Å². The number of para-hydroxylation sites is 1. The molecule has 2 aromatic heterocycles. The van der Waals surface area contributed by atoms with Gasteiger partial charge in [-0.1, -0.05) is 18.2 Å². The molecule has 0 unspecified atom stereocenters. The maximum Gasteiger partial charge on any atom is 0.337 e. The van der Waals surface area contributed by atoms with E-state index in [4.69, 9.17) is 4.74 Å². The second kappa shape index (κ2) is 7.60. The fraction of sp³-hybridized carbons (Fsp3) is 0.0952. The maximum absolute atomic E-state index is 13.2. The van der Waals surface area contributed by atoms with Crippen molar-refractivity contribution in [3.05, 3.63) is 72.6 Å². The lowest BCUT2D eigenvalue weighted by Gasteiger charge is -2.11. The highest BCUT2D eigenvalue weighted by Crippen LogP contribution is 2.29. The van der Waals surface area contributed by atoms with Gasteiger partial charge >= 0.3 is 5.97 Å². The van der Waals surface area contributed by atoms with E-state index < -0.39 is 16.0 Å². The van der Waals surface area contributed by atoms with E-state index in [1.807, 2.05) is 24.3 Å². The van der Waals surface area contributed by atoms with E-state index in [-0.39, 0.29) is 16.2 Å². The summed E-state index contributed by atoms with van der Waals surface area (Å²) in [7, 11) is -1.56. The van der Waals surface area contributed by atoms with Crippen molar-refractivity contribution in [2.75, 3.05) is 14.2 Å². The normalized spacial score (nSPS) is 11.4. The lowest BCUT2D eigenvalue weighted by molar-refractivity contribution is 0.0600. The Morgan fingerprint density at radius 3 is 2.60 bits per heavy atom. The summed E-state index contributed by atoms with van der Waals surface area (Å²) in [6.07, 6.45) is 3.00. The molecule has 4 rings (SSSR count). The average molecular weight is 423 g/mol. The summed E-state index contributed by atoms with van der Waals surface area (Å²) in [5.74, 6) is -0.562. The van der Waals surface area contributed by atoms with Crippen molar-refractivity contribution in [3.8, 4) is 17.0 Å². The van der Waals surface area contributed by atoms with Gasteiger partial charge < -0.3 is 9.47 Å². The van der Waals surface area contributed by atoms with Gasteiger partial charge in [-0.2, -0.15) is 17.6 Å². The third-order valence-electron chi connectivity index (χ3n) is 4.60. The zero-order valence-electron chi connectivity index (χ0n) is 16.1. The molecule has 2 heterocycles. The fourth-order valence-corrected chi connectivity index (χ4v) is 4.43. The number of ether oxygens (including phenoxy) is 2. The van der Waals surface area contributed by atoms with Crippen LogP contribution in [0.25, 0.3) is 22.2 Å². The van der Waals surface area contributed by atoms with Gasteiger partial charge in [-0.3, -0.25) is 4.98 Å². The predicted octanol–water partition coefficient (Wildman–Crippen LogP) is 3.13. The molecule has 0 aliphatic rings. The summed E-state index contributed by atoms with van der Waals surface area (Å²) >= 11 is 0. The van der Waals surface area contributed by atoms with Crippen LogP contribution >= 0.6 is 0 Å². The van der Waals surface area contributed by atoms with Crippen LogP contribution in [0.5, 0.6) is 5.75 Å². The smallest absolute Gasteiger partial charge is 0.337 e. The molecule has 0 bridgehead atoms. The number of carbonyl (C=O) groups is 1. The molecule has 0 aliphatic carbocycles. The summed E-state index contributed by atoms with van der Waals surface area (Å²) in [5, 5.41) is 5.13. The summed E-state index contributed by atoms with van der Waals surface area (Å²) in [4.78, 5) is 16.0. The number of pyridine rings is 1. The molecule has 0 spiro atoms. The molecule has 0 fully saturated rings. The van der Waals surface area contributed by atoms with Gasteiger partial charge in [0, 0.05) is 23.3 Å². The van der Waals surface area contributed by atoms with Crippen LogP contribution in [-0.4, -0.2) is 42.8 Å². The third-order valence-corrected chi connectivity index (χ3v) is 6.17. The predicted molar refractivity (Wildman–Crippen MR) is 110 cm³/mol. The Bertz CT molecular complexity index is 1360. The Morgan fingerprint density at radius 1 is 1.03 bits per heavy atom. The van der Waals surface area contributed by atoms with Crippen molar-refractivity contribution in [3.63, 3.8) is 0 Å². The van der Waals surface area contributed by atoms with E-state index in [1.54, 1.807) is 18.3 Å². The number of nitrogens with zero attached hydrogens (tertiary/aromatic N) is 3. The van der Waals surface area contributed by atoms with Crippen molar-refractivity contribution in [2.24, 2.45) is 0 Å². The second-order valence-electron chi connectivity index (χ2n) is 6.31. The van der Waals surface area contributed by atoms with E-state index in [2.05, 4.69) is 14.8 Å². The molecular weight excluding hydrogens is 406 g/mol. The largest absolute Gasteiger partial charge is 0.495 e. The first-order chi connectivity index (χ1) is 14.5. The van der Waals surface area contributed by atoms with Crippen LogP contribution < -0.4 is 4.74 Å². The number of methoxy groups -OCH3 is 2. The van der Waals surface area contributed by atoms with Gasteiger partial charge in [-0.25, -0.2) is 4.79 Å². The minimum atomic E-state index is -4.13. The molecule has 0 aliphatic heterocycles. The zero-order valence-corrected chi connectivity index (χ0v) is 17.0. The number of aromatic nitrogens is 3. The first kappa shape index (κ1) is 19.6. The fourth-order valence-electron chi connectivity index (χ4n) is 3.13. The highest BCUT2D eigenvalue weighted by molar-refractivity contribution is 7.90. The number of rotatable bonds is 5. The second-order valence-corrected chi connectivity index (χ2v) is 8.08. The molecule has 152 valence electrons. The lowest BCUT2D eigenvalue weighted by Crippen LogP contribution is -2.16. The van der Waals surface area contributed by atoms with Crippen LogP contribution in [0, 0.1) is 0 Å². The molecule has 0 saturated heterocycles. The lowest BCUT2D eigenvalue weighted by atomic mass is 10.1. The number of hydrogen-bond donors (Lipinski definition) is 0. The summed E-state index contributed by atoms with van der Waals surface area (Å²) in [6.45, 7) is 0. The van der Waals surface area contributed by atoms with E-state index in [1.165, 1.54) is 38.6 Å². The molecule has 2 aromatic carbocycles. The van der Waals surface area contributed by atoms with E-state index in [9.17, 15) is 13.2 Å². The molecule has 0 N–H and O–H groups in total. The molecule has 0 atom stereocenters. The number of carbonyl (C=O) groups excluding carboxylic acids is 1. The van der Waals surface area contributed by atoms with Gasteiger partial charge in [0.2, 0.25) is 0 Å². The first-order valence-corrected chi connectivity index (χ1v) is 10.3. The van der Waals surface area contributed by atoms with Crippen LogP contribution in [0.2, 0.25) is 0 Å². The number of hydrogen-bond acceptors (Lipinski definition) is 7. The monoisotopic (exact) mass is 423 g/mol. The standard InChI is InChI=1S/C21H17N3O5S/c1-28-19-8-7-14(21(25)29-2)13-20(19)30(26,27)24-12-10-18(23-24)16-9-11-22-17-6-4-3-5-15(16)17/h3-13H,1-2H3. The van der Waals surface area contributed by atoms with Gasteiger partial charge in [0.25, 0.3) is 10.0 Å².